The number of nitrogens with zero attached hydrogens (tertiary/aromatic N) is 1. The second kappa shape index (κ2) is 16.6. The van der Waals surface area contributed by atoms with Gasteiger partial charge in [0.05, 0.1) is 13.7 Å². The van der Waals surface area contributed by atoms with Crippen LogP contribution in [0.1, 0.15) is 41.2 Å². The van der Waals surface area contributed by atoms with Gasteiger partial charge in [-0.3, -0.25) is 4.79 Å². The average molecular weight is 667 g/mol. The van der Waals surface area contributed by atoms with Crippen molar-refractivity contribution >= 4 is 17.9 Å². The maximum atomic E-state index is 14.6. The lowest BCUT2D eigenvalue weighted by atomic mass is 9.83. The van der Waals surface area contributed by atoms with Crippen molar-refractivity contribution in [3.63, 3.8) is 0 Å². The minimum atomic E-state index is -1.29. The largest absolute Gasteiger partial charge is 0.497 e. The zero-order chi connectivity index (χ0) is 34.6. The number of methoxy groups -OCH3 is 1. The maximum Gasteiger partial charge on any atom is 0.252 e. The Morgan fingerprint density at radius 2 is 1.54 bits per heavy atom. The fourth-order valence-corrected chi connectivity index (χ4v) is 6.04. The third-order valence-corrected chi connectivity index (χ3v) is 8.72. The second-order valence-electron chi connectivity index (χ2n) is 12.2. The fourth-order valence-electron chi connectivity index (χ4n) is 6.04. The molecular formula is C43H42N2O5. The minimum absolute atomic E-state index is 0.0683. The number of hydrogen-bond donors (Lipinski definition) is 2. The summed E-state index contributed by atoms with van der Waals surface area (Å²) in [6.07, 6.45) is 4.83. The van der Waals surface area contributed by atoms with Gasteiger partial charge in [-0.2, -0.15) is 0 Å². The topological polar surface area (TPSA) is 89.4 Å². The van der Waals surface area contributed by atoms with E-state index in [1.165, 1.54) is 0 Å². The summed E-state index contributed by atoms with van der Waals surface area (Å²) in [6, 6.07) is 43.7. The van der Waals surface area contributed by atoms with Gasteiger partial charge in [0.25, 0.3) is 5.91 Å². The molecule has 0 saturated heterocycles. The number of aliphatic imine (C=N–C) groups is 1. The van der Waals surface area contributed by atoms with Gasteiger partial charge >= 0.3 is 0 Å². The summed E-state index contributed by atoms with van der Waals surface area (Å²) in [7, 11) is 1.65. The lowest BCUT2D eigenvalue weighted by Gasteiger charge is -2.30. The van der Waals surface area contributed by atoms with Crippen LogP contribution in [0.25, 0.3) is 17.2 Å². The standard InChI is InChI=1S/C43H42N2O5/c1-48-39-17-8-13-33(31-39)26-28-44-42(47)43(27-9-14-32-11-4-2-5-12-32)40(36-20-18-35(19-21-36)34-15-6-3-7-16-34)50-41(45-43)37-22-24-38(25-23-37)49-30-10-29-46/h2-9,11-25,31,40,46H,10,26-30H2,1H3,(H,44,47)/b14-9+/t40-,43-/m1/s1. The van der Waals surface area contributed by atoms with Crippen LogP contribution in [-0.2, 0) is 16.0 Å². The van der Waals surface area contributed by atoms with Gasteiger partial charge in [-0.05, 0) is 70.6 Å². The molecule has 50 heavy (non-hydrogen) atoms. The molecule has 0 spiro atoms. The summed E-state index contributed by atoms with van der Waals surface area (Å²) in [5.41, 5.74) is 4.57. The number of amides is 1. The van der Waals surface area contributed by atoms with E-state index in [-0.39, 0.29) is 12.5 Å². The van der Waals surface area contributed by atoms with Gasteiger partial charge in [0.15, 0.2) is 11.6 Å². The van der Waals surface area contributed by atoms with Crippen molar-refractivity contribution < 1.29 is 24.1 Å². The van der Waals surface area contributed by atoms with Crippen LogP contribution < -0.4 is 14.8 Å². The summed E-state index contributed by atoms with van der Waals surface area (Å²) in [5, 5.41) is 12.3. The molecule has 6 rings (SSSR count). The highest BCUT2D eigenvalue weighted by atomic mass is 16.5. The average Bonchev–Trinajstić information content (AvgIpc) is 3.57. The molecule has 1 amide bonds. The Morgan fingerprint density at radius 3 is 2.26 bits per heavy atom. The van der Waals surface area contributed by atoms with Gasteiger partial charge in [0.1, 0.15) is 11.5 Å². The molecule has 7 heteroatoms. The van der Waals surface area contributed by atoms with E-state index < -0.39 is 11.6 Å². The number of carbonyl (C=O) groups excluding carboxylic acids is 1. The molecule has 254 valence electrons. The predicted octanol–water partition coefficient (Wildman–Crippen LogP) is 7.84. The highest BCUT2D eigenvalue weighted by Gasteiger charge is 2.52. The summed E-state index contributed by atoms with van der Waals surface area (Å²) in [5.74, 6) is 1.63. The first-order valence-electron chi connectivity index (χ1n) is 17.0. The second-order valence-corrected chi connectivity index (χ2v) is 12.2. The highest BCUT2D eigenvalue weighted by Crippen LogP contribution is 2.43. The van der Waals surface area contributed by atoms with Crippen LogP contribution in [0.3, 0.4) is 0 Å². The lowest BCUT2D eigenvalue weighted by molar-refractivity contribution is -0.128. The highest BCUT2D eigenvalue weighted by molar-refractivity contribution is 6.01. The first-order valence-corrected chi connectivity index (χ1v) is 17.0. The summed E-state index contributed by atoms with van der Waals surface area (Å²) in [4.78, 5) is 19.7. The molecule has 0 aliphatic carbocycles. The molecule has 5 aromatic rings. The number of aliphatic hydroxyl groups excluding tert-OH is 1. The third-order valence-electron chi connectivity index (χ3n) is 8.72. The van der Waals surface area contributed by atoms with Crippen LogP contribution in [0, 0.1) is 0 Å². The van der Waals surface area contributed by atoms with Gasteiger partial charge in [0, 0.05) is 31.6 Å². The monoisotopic (exact) mass is 666 g/mol. The molecule has 0 saturated carbocycles. The van der Waals surface area contributed by atoms with E-state index in [4.69, 9.17) is 24.3 Å². The molecular weight excluding hydrogens is 624 g/mol. The molecule has 7 nitrogen and oxygen atoms in total. The Hall–Kier alpha value is -5.66. The molecule has 2 atom stereocenters. The van der Waals surface area contributed by atoms with Gasteiger partial charge in [0.2, 0.25) is 5.90 Å². The molecule has 1 aliphatic heterocycles. The van der Waals surface area contributed by atoms with Crippen molar-refractivity contribution in [2.75, 3.05) is 26.9 Å². The molecule has 0 fully saturated rings. The molecule has 1 heterocycles. The minimum Gasteiger partial charge on any atom is -0.497 e. The zero-order valence-electron chi connectivity index (χ0n) is 28.2. The van der Waals surface area contributed by atoms with E-state index in [1.54, 1.807) is 7.11 Å². The van der Waals surface area contributed by atoms with E-state index in [0.29, 0.717) is 44.1 Å². The molecule has 0 radical (unpaired) electrons. The van der Waals surface area contributed by atoms with Crippen molar-refractivity contribution in [2.24, 2.45) is 4.99 Å². The van der Waals surface area contributed by atoms with Crippen LogP contribution in [0.4, 0.5) is 0 Å². The van der Waals surface area contributed by atoms with Crippen LogP contribution in [0.15, 0.2) is 145 Å². The SMILES string of the molecule is COc1cccc(CCNC(=O)[C@]2(C/C=C/c3ccccc3)N=C(c3ccc(OCCCO)cc3)O[C@@H]2c2ccc(-c3ccccc3)cc2)c1. The van der Waals surface area contributed by atoms with Crippen LogP contribution in [-0.4, -0.2) is 49.3 Å². The number of rotatable bonds is 15. The number of nitrogens with one attached hydrogen (secondary N) is 1. The van der Waals surface area contributed by atoms with Crippen molar-refractivity contribution in [1.29, 1.82) is 0 Å². The van der Waals surface area contributed by atoms with E-state index in [0.717, 1.165) is 39.1 Å². The Balaban J connectivity index is 1.35. The number of carbonyl (C=O) groups is 1. The van der Waals surface area contributed by atoms with Crippen molar-refractivity contribution in [3.05, 3.63) is 162 Å². The Morgan fingerprint density at radius 1 is 0.840 bits per heavy atom. The molecule has 5 aromatic carbocycles. The molecule has 0 unspecified atom stereocenters. The molecule has 0 bridgehead atoms. The number of ether oxygens (including phenoxy) is 3. The quantitative estimate of drug-likeness (QED) is 0.111. The number of hydrogen-bond acceptors (Lipinski definition) is 6. The van der Waals surface area contributed by atoms with E-state index in [1.807, 2.05) is 121 Å². The van der Waals surface area contributed by atoms with Crippen molar-refractivity contribution in [2.45, 2.75) is 30.9 Å². The van der Waals surface area contributed by atoms with E-state index in [2.05, 4.69) is 29.6 Å². The normalized spacial score (nSPS) is 16.8. The van der Waals surface area contributed by atoms with E-state index >= 15 is 0 Å². The molecule has 0 aromatic heterocycles. The van der Waals surface area contributed by atoms with Crippen molar-refractivity contribution in [1.82, 2.24) is 5.32 Å². The summed E-state index contributed by atoms with van der Waals surface area (Å²) < 4.78 is 17.9. The molecule has 2 N–H and O–H groups in total. The van der Waals surface area contributed by atoms with Crippen LogP contribution >= 0.6 is 0 Å². The number of benzene rings is 5. The Bertz CT molecular complexity index is 1890. The predicted molar refractivity (Wildman–Crippen MR) is 198 cm³/mol. The van der Waals surface area contributed by atoms with Crippen LogP contribution in [0.2, 0.25) is 0 Å². The first kappa shape index (κ1) is 34.2. The van der Waals surface area contributed by atoms with Gasteiger partial charge in [-0.1, -0.05) is 109 Å². The molecule has 1 aliphatic rings. The van der Waals surface area contributed by atoms with Crippen molar-refractivity contribution in [3.8, 4) is 22.6 Å². The van der Waals surface area contributed by atoms with Gasteiger partial charge in [-0.15, -0.1) is 0 Å². The third kappa shape index (κ3) is 8.31. The van der Waals surface area contributed by atoms with Crippen LogP contribution in [0.5, 0.6) is 11.5 Å². The van der Waals surface area contributed by atoms with Gasteiger partial charge < -0.3 is 24.6 Å². The first-order chi connectivity index (χ1) is 24.6. The Labute approximate surface area is 293 Å². The zero-order valence-corrected chi connectivity index (χ0v) is 28.2. The summed E-state index contributed by atoms with van der Waals surface area (Å²) >= 11 is 0. The smallest absolute Gasteiger partial charge is 0.252 e. The maximum absolute atomic E-state index is 14.6. The Kier molecular flexibility index (Phi) is 11.4. The lowest BCUT2D eigenvalue weighted by Crippen LogP contribution is -2.48. The van der Waals surface area contributed by atoms with Gasteiger partial charge in [-0.25, -0.2) is 4.99 Å². The summed E-state index contributed by atoms with van der Waals surface area (Å²) in [6.45, 7) is 0.903. The fraction of sp³-hybridized carbons (Fsp3) is 0.209. The number of aliphatic hydroxyl groups is 1. The van der Waals surface area contributed by atoms with E-state index in [9.17, 15) is 4.79 Å².